The van der Waals surface area contributed by atoms with Gasteiger partial charge in [-0.25, -0.2) is 0 Å². The Hall–Kier alpha value is -2.06. The molecule has 0 saturated carbocycles. The molecule has 3 aromatic carbocycles. The first-order valence-corrected chi connectivity index (χ1v) is 10.9. The van der Waals surface area contributed by atoms with Crippen LogP contribution in [0.1, 0.15) is 51.7 Å². The SMILES string of the molecule is CC1(C)CCC(C)(C)c2cc3c(cc21)c1ccccc1n3-c1cccc(Br)c1. The molecule has 0 unspecified atom stereocenters. The van der Waals surface area contributed by atoms with Crippen molar-refractivity contribution in [1.82, 2.24) is 4.57 Å². The van der Waals surface area contributed by atoms with Crippen LogP contribution in [0.4, 0.5) is 0 Å². The Labute approximate surface area is 175 Å². The van der Waals surface area contributed by atoms with Crippen molar-refractivity contribution in [2.24, 2.45) is 0 Å². The average Bonchev–Trinajstić information content (AvgIpc) is 2.98. The van der Waals surface area contributed by atoms with Crippen molar-refractivity contribution in [2.45, 2.75) is 51.4 Å². The summed E-state index contributed by atoms with van der Waals surface area (Å²) in [6.45, 7) is 9.61. The first-order valence-electron chi connectivity index (χ1n) is 10.1. The average molecular weight is 432 g/mol. The van der Waals surface area contributed by atoms with E-state index in [4.69, 9.17) is 0 Å². The standard InChI is InChI=1S/C26H26BrN/c1-25(2)12-13-26(3,4)22-16-24-20(15-21(22)25)19-10-5-6-11-23(19)28(24)18-9-7-8-17(27)14-18/h5-11,14-16H,12-13H2,1-4H3. The number of benzene rings is 3. The number of aromatic nitrogens is 1. The maximum Gasteiger partial charge on any atom is 0.0544 e. The van der Waals surface area contributed by atoms with Crippen LogP contribution in [-0.2, 0) is 10.8 Å². The van der Waals surface area contributed by atoms with Crippen LogP contribution in [0.25, 0.3) is 27.5 Å². The van der Waals surface area contributed by atoms with Gasteiger partial charge in [0.15, 0.2) is 0 Å². The highest BCUT2D eigenvalue weighted by Gasteiger charge is 2.37. The van der Waals surface area contributed by atoms with Gasteiger partial charge in [-0.1, -0.05) is 67.9 Å². The zero-order valence-electron chi connectivity index (χ0n) is 17.0. The molecule has 2 heteroatoms. The normalized spacial score (nSPS) is 17.8. The van der Waals surface area contributed by atoms with Crippen LogP contribution in [-0.4, -0.2) is 4.57 Å². The Morgan fingerprint density at radius 1 is 0.714 bits per heavy atom. The van der Waals surface area contributed by atoms with Crippen molar-refractivity contribution in [3.63, 3.8) is 0 Å². The zero-order chi connectivity index (χ0) is 19.7. The molecular formula is C26H26BrN. The minimum atomic E-state index is 0.206. The van der Waals surface area contributed by atoms with Gasteiger partial charge in [0, 0.05) is 20.9 Å². The van der Waals surface area contributed by atoms with Crippen LogP contribution < -0.4 is 0 Å². The summed E-state index contributed by atoms with van der Waals surface area (Å²) >= 11 is 3.66. The second-order valence-electron chi connectivity index (χ2n) is 9.52. The third-order valence-electron chi connectivity index (χ3n) is 6.71. The Balaban J connectivity index is 1.95. The number of rotatable bonds is 1. The summed E-state index contributed by atoms with van der Waals surface area (Å²) < 4.78 is 3.53. The van der Waals surface area contributed by atoms with E-state index in [0.717, 1.165) is 4.47 Å². The van der Waals surface area contributed by atoms with E-state index in [1.54, 1.807) is 0 Å². The number of halogens is 1. The third-order valence-corrected chi connectivity index (χ3v) is 7.20. The first kappa shape index (κ1) is 18.0. The van der Waals surface area contributed by atoms with E-state index in [9.17, 15) is 0 Å². The number of fused-ring (bicyclic) bond motifs is 4. The quantitative estimate of drug-likeness (QED) is 0.288. The van der Waals surface area contributed by atoms with E-state index >= 15 is 0 Å². The lowest BCUT2D eigenvalue weighted by Gasteiger charge is -2.42. The lowest BCUT2D eigenvalue weighted by molar-refractivity contribution is 0.332. The number of para-hydroxylation sites is 1. The van der Waals surface area contributed by atoms with E-state index < -0.39 is 0 Å². The van der Waals surface area contributed by atoms with E-state index in [-0.39, 0.29) is 10.8 Å². The van der Waals surface area contributed by atoms with E-state index in [1.165, 1.54) is 51.5 Å². The van der Waals surface area contributed by atoms with Gasteiger partial charge in [-0.3, -0.25) is 0 Å². The van der Waals surface area contributed by atoms with Gasteiger partial charge in [0.25, 0.3) is 0 Å². The van der Waals surface area contributed by atoms with Crippen molar-refractivity contribution in [3.05, 3.63) is 76.3 Å². The van der Waals surface area contributed by atoms with Gasteiger partial charge >= 0.3 is 0 Å². The summed E-state index contributed by atoms with van der Waals surface area (Å²) in [7, 11) is 0. The predicted molar refractivity (Wildman–Crippen MR) is 124 cm³/mol. The lowest BCUT2D eigenvalue weighted by Crippen LogP contribution is -2.33. The molecule has 1 heterocycles. The Morgan fingerprint density at radius 2 is 1.39 bits per heavy atom. The smallest absolute Gasteiger partial charge is 0.0544 e. The van der Waals surface area contributed by atoms with Gasteiger partial charge in [-0.05, 0) is 71.2 Å². The topological polar surface area (TPSA) is 4.93 Å². The maximum absolute atomic E-state index is 3.66. The lowest BCUT2D eigenvalue weighted by atomic mass is 9.63. The van der Waals surface area contributed by atoms with Gasteiger partial charge < -0.3 is 4.57 Å². The first-order chi connectivity index (χ1) is 13.3. The van der Waals surface area contributed by atoms with Crippen molar-refractivity contribution >= 4 is 37.7 Å². The predicted octanol–water partition coefficient (Wildman–Crippen LogP) is 7.90. The van der Waals surface area contributed by atoms with Crippen LogP contribution in [0.3, 0.4) is 0 Å². The molecular weight excluding hydrogens is 406 g/mol. The largest absolute Gasteiger partial charge is 0.309 e. The number of nitrogens with zero attached hydrogens (tertiary/aromatic N) is 1. The van der Waals surface area contributed by atoms with Crippen LogP contribution in [0.15, 0.2) is 65.1 Å². The molecule has 28 heavy (non-hydrogen) atoms. The van der Waals surface area contributed by atoms with Gasteiger partial charge in [-0.2, -0.15) is 0 Å². The monoisotopic (exact) mass is 431 g/mol. The summed E-state index contributed by atoms with van der Waals surface area (Å²) in [5, 5.41) is 2.69. The number of hydrogen-bond donors (Lipinski definition) is 0. The molecule has 0 bridgehead atoms. The highest BCUT2D eigenvalue weighted by molar-refractivity contribution is 9.10. The zero-order valence-corrected chi connectivity index (χ0v) is 18.6. The Bertz CT molecular complexity index is 1230. The van der Waals surface area contributed by atoms with Crippen molar-refractivity contribution < 1.29 is 0 Å². The van der Waals surface area contributed by atoms with Gasteiger partial charge in [-0.15, -0.1) is 0 Å². The minimum Gasteiger partial charge on any atom is -0.309 e. The van der Waals surface area contributed by atoms with Crippen molar-refractivity contribution in [2.75, 3.05) is 0 Å². The van der Waals surface area contributed by atoms with Crippen LogP contribution in [0.2, 0.25) is 0 Å². The Morgan fingerprint density at radius 3 is 2.11 bits per heavy atom. The van der Waals surface area contributed by atoms with Crippen molar-refractivity contribution in [3.8, 4) is 5.69 Å². The molecule has 0 saturated heterocycles. The van der Waals surface area contributed by atoms with E-state index in [2.05, 4.69) is 109 Å². The molecule has 5 rings (SSSR count). The molecule has 4 aromatic rings. The molecule has 0 radical (unpaired) electrons. The fourth-order valence-electron chi connectivity index (χ4n) is 4.92. The molecule has 0 fully saturated rings. The number of hydrogen-bond acceptors (Lipinski definition) is 0. The van der Waals surface area contributed by atoms with Gasteiger partial charge in [0.05, 0.1) is 11.0 Å². The van der Waals surface area contributed by atoms with Gasteiger partial charge in [0.1, 0.15) is 0 Å². The Kier molecular flexibility index (Phi) is 3.84. The summed E-state index contributed by atoms with van der Waals surface area (Å²) in [5.41, 5.74) is 7.24. The maximum atomic E-state index is 3.66. The summed E-state index contributed by atoms with van der Waals surface area (Å²) in [4.78, 5) is 0. The fourth-order valence-corrected chi connectivity index (χ4v) is 5.31. The molecule has 1 nitrogen and oxygen atoms in total. The van der Waals surface area contributed by atoms with E-state index in [1.807, 2.05) is 0 Å². The molecule has 0 spiro atoms. The minimum absolute atomic E-state index is 0.206. The molecule has 0 aliphatic heterocycles. The molecule has 142 valence electrons. The highest BCUT2D eigenvalue weighted by Crippen LogP contribution is 2.48. The van der Waals surface area contributed by atoms with E-state index in [0.29, 0.717) is 0 Å². The highest BCUT2D eigenvalue weighted by atomic mass is 79.9. The molecule has 1 aliphatic carbocycles. The van der Waals surface area contributed by atoms with Crippen LogP contribution in [0, 0.1) is 0 Å². The molecule has 0 atom stereocenters. The summed E-state index contributed by atoms with van der Waals surface area (Å²) in [5.74, 6) is 0. The molecule has 0 N–H and O–H groups in total. The third kappa shape index (κ3) is 2.58. The van der Waals surface area contributed by atoms with Gasteiger partial charge in [0.2, 0.25) is 0 Å². The second kappa shape index (κ2) is 5.97. The fraction of sp³-hybridized carbons (Fsp3) is 0.308. The van der Waals surface area contributed by atoms with Crippen LogP contribution >= 0.6 is 15.9 Å². The summed E-state index contributed by atoms with van der Waals surface area (Å²) in [6.07, 6.45) is 2.47. The van der Waals surface area contributed by atoms with Crippen LogP contribution in [0.5, 0.6) is 0 Å². The molecule has 1 aliphatic rings. The second-order valence-corrected chi connectivity index (χ2v) is 10.4. The van der Waals surface area contributed by atoms with Crippen molar-refractivity contribution in [1.29, 1.82) is 0 Å². The summed E-state index contributed by atoms with van der Waals surface area (Å²) in [6, 6.07) is 22.4. The molecule has 0 amide bonds. The molecule has 1 aromatic heterocycles.